The molecule has 1 aliphatic rings. The summed E-state index contributed by atoms with van der Waals surface area (Å²) in [6.07, 6.45) is 0.234. The van der Waals surface area contributed by atoms with E-state index in [0.717, 1.165) is 12.4 Å². The summed E-state index contributed by atoms with van der Waals surface area (Å²) in [5, 5.41) is 0. The topological polar surface area (TPSA) is 38.8 Å². The van der Waals surface area contributed by atoms with E-state index in [-0.39, 0.29) is 17.3 Å². The Morgan fingerprint density at radius 3 is 2.04 bits per heavy atom. The predicted octanol–water partition coefficient (Wildman–Crippen LogP) is 3.99. The van der Waals surface area contributed by atoms with E-state index < -0.39 is 0 Å². The van der Waals surface area contributed by atoms with Gasteiger partial charge in [0.15, 0.2) is 5.78 Å². The second-order valence-electron chi connectivity index (χ2n) is 6.95. The molecular formula is C20H22O3. The van der Waals surface area contributed by atoms with Gasteiger partial charge in [0.25, 0.3) is 0 Å². The molecule has 1 heterocycles. The zero-order valence-electron chi connectivity index (χ0n) is 13.8. The van der Waals surface area contributed by atoms with E-state index in [0.29, 0.717) is 17.7 Å². The van der Waals surface area contributed by atoms with Gasteiger partial charge >= 0.3 is 0 Å². The van der Waals surface area contributed by atoms with E-state index in [1.807, 2.05) is 48.5 Å². The highest BCUT2D eigenvalue weighted by Crippen LogP contribution is 2.23. The van der Waals surface area contributed by atoms with Crippen molar-refractivity contribution in [1.29, 1.82) is 0 Å². The van der Waals surface area contributed by atoms with E-state index in [4.69, 9.17) is 9.47 Å². The van der Waals surface area contributed by atoms with Crippen LogP contribution in [-0.2, 0) is 10.2 Å². The van der Waals surface area contributed by atoms with Crippen molar-refractivity contribution >= 4 is 5.78 Å². The van der Waals surface area contributed by atoms with Gasteiger partial charge in [0.1, 0.15) is 18.5 Å². The molecule has 3 heteroatoms. The first-order valence-electron chi connectivity index (χ1n) is 7.93. The van der Waals surface area contributed by atoms with Crippen LogP contribution in [0.1, 0.15) is 42.3 Å². The molecule has 1 saturated heterocycles. The highest BCUT2D eigenvalue weighted by molar-refractivity contribution is 6.09. The van der Waals surface area contributed by atoms with Gasteiger partial charge in [-0.05, 0) is 35.2 Å². The average molecular weight is 310 g/mol. The zero-order chi connectivity index (χ0) is 16.4. The molecule has 0 aromatic heterocycles. The lowest BCUT2D eigenvalue weighted by atomic mass is 9.86. The number of hydrogen-bond donors (Lipinski definition) is 0. The van der Waals surface area contributed by atoms with Gasteiger partial charge in [-0.15, -0.1) is 0 Å². The Morgan fingerprint density at radius 1 is 1.04 bits per heavy atom. The summed E-state index contributed by atoms with van der Waals surface area (Å²) in [5.41, 5.74) is 2.69. The molecule has 1 unspecified atom stereocenters. The Labute approximate surface area is 137 Å². The molecule has 2 aromatic carbocycles. The van der Waals surface area contributed by atoms with Crippen LogP contribution < -0.4 is 4.74 Å². The van der Waals surface area contributed by atoms with Crippen molar-refractivity contribution in [2.75, 3.05) is 13.2 Å². The van der Waals surface area contributed by atoms with E-state index in [1.54, 1.807) is 0 Å². The third-order valence-corrected chi connectivity index (χ3v) is 3.97. The molecule has 0 aliphatic carbocycles. The summed E-state index contributed by atoms with van der Waals surface area (Å²) >= 11 is 0. The number of carbonyl (C=O) groups is 1. The van der Waals surface area contributed by atoms with Crippen LogP contribution in [0.3, 0.4) is 0 Å². The van der Waals surface area contributed by atoms with Gasteiger partial charge in [-0.2, -0.15) is 0 Å². The highest BCUT2D eigenvalue weighted by atomic mass is 16.6. The fraction of sp³-hybridized carbons (Fsp3) is 0.350. The maximum absolute atomic E-state index is 12.5. The summed E-state index contributed by atoms with van der Waals surface area (Å²) in [4.78, 5) is 12.5. The Bertz CT molecular complexity index is 674. The van der Waals surface area contributed by atoms with Crippen LogP contribution in [-0.4, -0.2) is 25.1 Å². The van der Waals surface area contributed by atoms with Crippen LogP contribution in [0.15, 0.2) is 48.5 Å². The minimum absolute atomic E-state index is 0.0301. The van der Waals surface area contributed by atoms with Crippen LogP contribution in [0.2, 0.25) is 0 Å². The van der Waals surface area contributed by atoms with Crippen molar-refractivity contribution in [1.82, 2.24) is 0 Å². The maximum atomic E-state index is 12.5. The van der Waals surface area contributed by atoms with Crippen molar-refractivity contribution < 1.29 is 14.3 Å². The lowest BCUT2D eigenvalue weighted by molar-refractivity contribution is 0.103. The quantitative estimate of drug-likeness (QED) is 0.619. The van der Waals surface area contributed by atoms with Gasteiger partial charge in [0.05, 0.1) is 6.61 Å². The Kier molecular flexibility index (Phi) is 4.22. The van der Waals surface area contributed by atoms with Crippen molar-refractivity contribution in [3.8, 4) is 5.75 Å². The third-order valence-electron chi connectivity index (χ3n) is 3.97. The smallest absolute Gasteiger partial charge is 0.193 e. The van der Waals surface area contributed by atoms with Crippen molar-refractivity contribution in [2.45, 2.75) is 32.3 Å². The first-order chi connectivity index (χ1) is 10.9. The lowest BCUT2D eigenvalue weighted by Crippen LogP contribution is -2.11. The number of benzene rings is 2. The molecule has 0 bridgehead atoms. The van der Waals surface area contributed by atoms with Crippen LogP contribution >= 0.6 is 0 Å². The Balaban J connectivity index is 1.69. The zero-order valence-corrected chi connectivity index (χ0v) is 13.8. The number of rotatable bonds is 5. The lowest BCUT2D eigenvalue weighted by Gasteiger charge is -2.19. The van der Waals surface area contributed by atoms with E-state index >= 15 is 0 Å². The molecule has 0 saturated carbocycles. The molecule has 0 radical (unpaired) electrons. The van der Waals surface area contributed by atoms with Gasteiger partial charge < -0.3 is 9.47 Å². The van der Waals surface area contributed by atoms with Crippen molar-refractivity contribution in [3.05, 3.63) is 65.2 Å². The maximum Gasteiger partial charge on any atom is 0.193 e. The number of ketones is 1. The predicted molar refractivity (Wildman–Crippen MR) is 90.3 cm³/mol. The molecule has 1 atom stereocenters. The Morgan fingerprint density at radius 2 is 1.57 bits per heavy atom. The number of carbonyl (C=O) groups excluding carboxylic acids is 1. The summed E-state index contributed by atoms with van der Waals surface area (Å²) in [6, 6.07) is 15.1. The second-order valence-corrected chi connectivity index (χ2v) is 6.95. The molecule has 0 amide bonds. The standard InChI is InChI=1S/C20H22O3/c1-20(2,3)16-8-4-14(5-9-16)19(21)15-6-10-17(11-7-15)22-12-18-13-23-18/h4-11,18H,12-13H2,1-3H3. The van der Waals surface area contributed by atoms with Gasteiger partial charge in [0, 0.05) is 11.1 Å². The van der Waals surface area contributed by atoms with E-state index in [9.17, 15) is 4.79 Å². The minimum Gasteiger partial charge on any atom is -0.491 e. The van der Waals surface area contributed by atoms with Gasteiger partial charge in [-0.25, -0.2) is 0 Å². The highest BCUT2D eigenvalue weighted by Gasteiger charge is 2.23. The van der Waals surface area contributed by atoms with E-state index in [2.05, 4.69) is 20.8 Å². The first kappa shape index (κ1) is 15.8. The molecular weight excluding hydrogens is 288 g/mol. The third kappa shape index (κ3) is 3.99. The molecule has 0 N–H and O–H groups in total. The summed E-state index contributed by atoms with van der Waals surface area (Å²) in [5.74, 6) is 0.794. The first-order valence-corrected chi connectivity index (χ1v) is 7.93. The van der Waals surface area contributed by atoms with E-state index in [1.165, 1.54) is 5.56 Å². The van der Waals surface area contributed by atoms with Gasteiger partial charge in [-0.1, -0.05) is 45.0 Å². The molecule has 3 nitrogen and oxygen atoms in total. The van der Waals surface area contributed by atoms with Crippen LogP contribution in [0.5, 0.6) is 5.75 Å². The molecule has 3 rings (SSSR count). The van der Waals surface area contributed by atoms with Gasteiger partial charge in [-0.3, -0.25) is 4.79 Å². The fourth-order valence-electron chi connectivity index (χ4n) is 2.34. The number of ether oxygens (including phenoxy) is 2. The average Bonchev–Trinajstić information content (AvgIpc) is 3.36. The van der Waals surface area contributed by atoms with Crippen LogP contribution in [0, 0.1) is 0 Å². The van der Waals surface area contributed by atoms with Crippen molar-refractivity contribution in [3.63, 3.8) is 0 Å². The Hall–Kier alpha value is -2.13. The molecule has 1 aliphatic heterocycles. The molecule has 1 fully saturated rings. The number of hydrogen-bond acceptors (Lipinski definition) is 3. The molecule has 23 heavy (non-hydrogen) atoms. The summed E-state index contributed by atoms with van der Waals surface area (Å²) in [6.45, 7) is 7.84. The number of epoxide rings is 1. The minimum atomic E-state index is 0.0301. The van der Waals surface area contributed by atoms with Crippen molar-refractivity contribution in [2.24, 2.45) is 0 Å². The monoisotopic (exact) mass is 310 g/mol. The summed E-state index contributed by atoms with van der Waals surface area (Å²) in [7, 11) is 0. The second kappa shape index (κ2) is 6.17. The normalized spacial score (nSPS) is 16.9. The van der Waals surface area contributed by atoms with Crippen LogP contribution in [0.4, 0.5) is 0 Å². The summed E-state index contributed by atoms with van der Waals surface area (Å²) < 4.78 is 10.7. The molecule has 120 valence electrons. The molecule has 0 spiro atoms. The fourth-order valence-corrected chi connectivity index (χ4v) is 2.34. The SMILES string of the molecule is CC(C)(C)c1ccc(C(=O)c2ccc(OCC3CO3)cc2)cc1. The van der Waals surface area contributed by atoms with Gasteiger partial charge in [0.2, 0.25) is 0 Å². The molecule has 2 aromatic rings. The van der Waals surface area contributed by atoms with Crippen LogP contribution in [0.25, 0.3) is 0 Å². The largest absolute Gasteiger partial charge is 0.491 e.